The fourth-order valence-corrected chi connectivity index (χ4v) is 3.01. The lowest BCUT2D eigenvalue weighted by Crippen LogP contribution is -2.13. The molecule has 1 amide bonds. The van der Waals surface area contributed by atoms with Crippen molar-refractivity contribution in [3.63, 3.8) is 0 Å². The van der Waals surface area contributed by atoms with Gasteiger partial charge in [-0.3, -0.25) is 14.5 Å². The smallest absolute Gasteiger partial charge is 0.276 e. The maximum atomic E-state index is 12.6. The van der Waals surface area contributed by atoms with Crippen LogP contribution in [-0.4, -0.2) is 20.7 Å². The molecule has 1 fully saturated rings. The van der Waals surface area contributed by atoms with Crippen LogP contribution in [0.4, 0.5) is 5.69 Å². The number of nitrogens with zero attached hydrogens (tertiary/aromatic N) is 3. The topological polar surface area (TPSA) is 69.0 Å². The minimum absolute atomic E-state index is 0.200. The molecule has 0 aliphatic heterocycles. The lowest BCUT2D eigenvalue weighted by atomic mass is 10.2. The maximum absolute atomic E-state index is 12.6. The number of aryl methyl sites for hydroxylation is 1. The number of pyridine rings is 1. The third-order valence-corrected chi connectivity index (χ3v) is 4.56. The van der Waals surface area contributed by atoms with Gasteiger partial charge in [0, 0.05) is 47.9 Å². The van der Waals surface area contributed by atoms with Crippen molar-refractivity contribution in [3.05, 3.63) is 71.8 Å². The lowest BCUT2D eigenvalue weighted by Gasteiger charge is -2.08. The van der Waals surface area contributed by atoms with Gasteiger partial charge in [0.1, 0.15) is 12.4 Å². The highest BCUT2D eigenvalue weighted by Crippen LogP contribution is 2.40. The Kier molecular flexibility index (Phi) is 4.87. The summed E-state index contributed by atoms with van der Waals surface area (Å²) in [6, 6.07) is 13.1. The molecule has 1 N–H and O–H groups in total. The molecule has 2 aromatic heterocycles. The Bertz CT molecular complexity index is 932. The van der Waals surface area contributed by atoms with Crippen LogP contribution in [0.15, 0.2) is 54.9 Å². The molecule has 2 heterocycles. The van der Waals surface area contributed by atoms with Gasteiger partial charge in [0.2, 0.25) is 0 Å². The molecule has 138 valence electrons. The second-order valence-corrected chi connectivity index (χ2v) is 6.68. The zero-order valence-corrected chi connectivity index (χ0v) is 15.3. The van der Waals surface area contributed by atoms with Crippen molar-refractivity contribution in [1.82, 2.24) is 14.8 Å². The van der Waals surface area contributed by atoms with E-state index in [-0.39, 0.29) is 5.91 Å². The van der Waals surface area contributed by atoms with Crippen LogP contribution < -0.4 is 10.1 Å². The molecular formula is C21H22N4O2. The monoisotopic (exact) mass is 362 g/mol. The summed E-state index contributed by atoms with van der Waals surface area (Å²) in [5.74, 6) is 1.05. The van der Waals surface area contributed by atoms with Crippen LogP contribution in [0.1, 0.15) is 47.4 Å². The van der Waals surface area contributed by atoms with E-state index >= 15 is 0 Å². The van der Waals surface area contributed by atoms with Crippen LogP contribution in [0.25, 0.3) is 0 Å². The van der Waals surface area contributed by atoms with E-state index in [2.05, 4.69) is 15.4 Å². The third kappa shape index (κ3) is 4.16. The van der Waals surface area contributed by atoms with Crippen LogP contribution in [0, 0.1) is 0 Å². The summed E-state index contributed by atoms with van der Waals surface area (Å²) < 4.78 is 7.72. The number of ether oxygens (including phenoxy) is 1. The number of carbonyl (C=O) groups is 1. The van der Waals surface area contributed by atoms with Gasteiger partial charge in [-0.1, -0.05) is 12.1 Å². The molecule has 4 rings (SSSR count). The first-order valence-corrected chi connectivity index (χ1v) is 9.24. The largest absolute Gasteiger partial charge is 0.489 e. The number of carbonyl (C=O) groups excluding carboxylic acids is 1. The van der Waals surface area contributed by atoms with Crippen LogP contribution in [0.2, 0.25) is 0 Å². The standard InChI is InChI=1S/C21H22N4O2/c1-2-25-20(16-8-9-16)12-19(24-25)21(26)23-17-6-3-7-18(11-17)27-14-15-5-4-10-22-13-15/h3-7,10-13,16H,2,8-9,14H2,1H3,(H,23,26). The van der Waals surface area contributed by atoms with Gasteiger partial charge in [-0.15, -0.1) is 0 Å². The SMILES string of the molecule is CCn1nc(C(=O)Nc2cccc(OCc3cccnc3)c2)cc1C1CC1. The zero-order valence-electron chi connectivity index (χ0n) is 15.3. The van der Waals surface area contributed by atoms with Crippen molar-refractivity contribution in [1.29, 1.82) is 0 Å². The summed E-state index contributed by atoms with van der Waals surface area (Å²) >= 11 is 0. The lowest BCUT2D eigenvalue weighted by molar-refractivity contribution is 0.102. The number of amides is 1. The summed E-state index contributed by atoms with van der Waals surface area (Å²) in [6.45, 7) is 3.25. The van der Waals surface area contributed by atoms with Crippen LogP contribution >= 0.6 is 0 Å². The van der Waals surface area contributed by atoms with Crippen molar-refractivity contribution in [2.24, 2.45) is 0 Å². The Hall–Kier alpha value is -3.15. The van der Waals surface area contributed by atoms with Crippen molar-refractivity contribution in [2.75, 3.05) is 5.32 Å². The number of nitrogens with one attached hydrogen (secondary N) is 1. The Morgan fingerprint density at radius 2 is 2.15 bits per heavy atom. The summed E-state index contributed by atoms with van der Waals surface area (Å²) in [6.07, 6.45) is 5.87. The van der Waals surface area contributed by atoms with Gasteiger partial charge in [0.15, 0.2) is 5.69 Å². The zero-order chi connectivity index (χ0) is 18.6. The van der Waals surface area contributed by atoms with E-state index < -0.39 is 0 Å². The first-order chi connectivity index (χ1) is 13.2. The molecule has 0 spiro atoms. The van der Waals surface area contributed by atoms with Crippen molar-refractivity contribution in [3.8, 4) is 5.75 Å². The fraction of sp³-hybridized carbons (Fsp3) is 0.286. The summed E-state index contributed by atoms with van der Waals surface area (Å²) in [5, 5.41) is 7.36. The molecule has 27 heavy (non-hydrogen) atoms. The number of aromatic nitrogens is 3. The van der Waals surface area contributed by atoms with Gasteiger partial charge in [0.25, 0.3) is 5.91 Å². The minimum atomic E-state index is -0.200. The highest BCUT2D eigenvalue weighted by atomic mass is 16.5. The highest BCUT2D eigenvalue weighted by Gasteiger charge is 2.28. The van der Waals surface area contributed by atoms with E-state index in [0.29, 0.717) is 29.7 Å². The predicted molar refractivity (Wildman–Crippen MR) is 103 cm³/mol. The van der Waals surface area contributed by atoms with Crippen molar-refractivity contribution in [2.45, 2.75) is 38.8 Å². The predicted octanol–water partition coefficient (Wildman–Crippen LogP) is 4.01. The molecule has 1 aliphatic rings. The molecule has 0 bridgehead atoms. The van der Waals surface area contributed by atoms with Crippen molar-refractivity contribution >= 4 is 11.6 Å². The molecule has 0 radical (unpaired) electrons. The van der Waals surface area contributed by atoms with E-state index in [4.69, 9.17) is 4.74 Å². The van der Waals surface area contributed by atoms with Crippen molar-refractivity contribution < 1.29 is 9.53 Å². The number of hydrogen-bond acceptors (Lipinski definition) is 4. The van der Waals surface area contributed by atoms with Gasteiger partial charge in [-0.05, 0) is 44.0 Å². The van der Waals surface area contributed by atoms with Gasteiger partial charge >= 0.3 is 0 Å². The molecular weight excluding hydrogens is 340 g/mol. The normalized spacial score (nSPS) is 13.4. The van der Waals surface area contributed by atoms with E-state index in [1.54, 1.807) is 12.4 Å². The minimum Gasteiger partial charge on any atom is -0.489 e. The average molecular weight is 362 g/mol. The number of rotatable bonds is 7. The molecule has 3 aromatic rings. The van der Waals surface area contributed by atoms with Gasteiger partial charge in [0.05, 0.1) is 0 Å². The molecule has 6 nitrogen and oxygen atoms in total. The first kappa shape index (κ1) is 17.3. The van der Waals surface area contributed by atoms with E-state index in [0.717, 1.165) is 17.8 Å². The molecule has 0 atom stereocenters. The van der Waals surface area contributed by atoms with Crippen LogP contribution in [0.5, 0.6) is 5.75 Å². The molecule has 1 aromatic carbocycles. The van der Waals surface area contributed by atoms with Gasteiger partial charge in [-0.25, -0.2) is 0 Å². The Balaban J connectivity index is 1.42. The second kappa shape index (κ2) is 7.61. The van der Waals surface area contributed by atoms with E-state index in [1.165, 1.54) is 12.8 Å². The Labute approximate surface area is 158 Å². The number of anilines is 1. The first-order valence-electron chi connectivity index (χ1n) is 9.24. The third-order valence-electron chi connectivity index (χ3n) is 4.56. The number of hydrogen-bond donors (Lipinski definition) is 1. The quantitative estimate of drug-likeness (QED) is 0.689. The van der Waals surface area contributed by atoms with Gasteiger partial charge < -0.3 is 10.1 Å². The fourth-order valence-electron chi connectivity index (χ4n) is 3.01. The molecule has 6 heteroatoms. The Morgan fingerprint density at radius 1 is 1.26 bits per heavy atom. The van der Waals surface area contributed by atoms with Gasteiger partial charge in [-0.2, -0.15) is 5.10 Å². The average Bonchev–Trinajstić information content (AvgIpc) is 3.45. The van der Waals surface area contributed by atoms with E-state index in [9.17, 15) is 4.79 Å². The summed E-state index contributed by atoms with van der Waals surface area (Å²) in [7, 11) is 0. The summed E-state index contributed by atoms with van der Waals surface area (Å²) in [4.78, 5) is 16.7. The van der Waals surface area contributed by atoms with Crippen LogP contribution in [-0.2, 0) is 13.2 Å². The highest BCUT2D eigenvalue weighted by molar-refractivity contribution is 6.03. The molecule has 0 saturated heterocycles. The molecule has 1 saturated carbocycles. The summed E-state index contributed by atoms with van der Waals surface area (Å²) in [5.41, 5.74) is 3.30. The second-order valence-electron chi connectivity index (χ2n) is 6.68. The molecule has 0 unspecified atom stereocenters. The maximum Gasteiger partial charge on any atom is 0.276 e. The Morgan fingerprint density at radius 3 is 2.89 bits per heavy atom. The number of benzene rings is 1. The molecule has 1 aliphatic carbocycles. The van der Waals surface area contributed by atoms with Crippen LogP contribution in [0.3, 0.4) is 0 Å². The van der Waals surface area contributed by atoms with E-state index in [1.807, 2.05) is 54.1 Å².